The standard InChI is InChI=1S/C19H14F3N3O3/c1-18(27,11-28-15-6-2-12(9-23)3-7-15)17(26)25-14-5-4-13(10-24)16(8-14)19(20,21)22/h2-8,27H,11H2,1H3,(H,25,26)/t18-/m0/s1. The third kappa shape index (κ3) is 5.00. The number of carbonyl (C=O) groups is 1. The van der Waals surface area contributed by atoms with Gasteiger partial charge in [-0.05, 0) is 49.4 Å². The Hall–Kier alpha value is -3.56. The Balaban J connectivity index is 2.10. The van der Waals surface area contributed by atoms with Crippen molar-refractivity contribution in [2.24, 2.45) is 0 Å². The molecule has 2 N–H and O–H groups in total. The minimum Gasteiger partial charge on any atom is -0.490 e. The fourth-order valence-electron chi connectivity index (χ4n) is 2.13. The summed E-state index contributed by atoms with van der Waals surface area (Å²) in [7, 11) is 0. The zero-order valence-corrected chi connectivity index (χ0v) is 14.5. The number of halogens is 3. The quantitative estimate of drug-likeness (QED) is 0.817. The summed E-state index contributed by atoms with van der Waals surface area (Å²) in [4.78, 5) is 12.2. The number of hydrogen-bond donors (Lipinski definition) is 2. The topological polar surface area (TPSA) is 106 Å². The molecule has 144 valence electrons. The molecule has 6 nitrogen and oxygen atoms in total. The highest BCUT2D eigenvalue weighted by Gasteiger charge is 2.35. The third-order valence-corrected chi connectivity index (χ3v) is 3.70. The van der Waals surface area contributed by atoms with Crippen molar-refractivity contribution in [2.75, 3.05) is 11.9 Å². The molecule has 0 heterocycles. The zero-order valence-electron chi connectivity index (χ0n) is 14.5. The Morgan fingerprint density at radius 2 is 1.79 bits per heavy atom. The van der Waals surface area contributed by atoms with Gasteiger partial charge in [0.25, 0.3) is 5.91 Å². The van der Waals surface area contributed by atoms with E-state index in [1.807, 2.05) is 6.07 Å². The molecule has 2 aromatic rings. The number of nitriles is 2. The number of carbonyl (C=O) groups excluding carboxylic acids is 1. The molecule has 0 saturated carbocycles. The Labute approximate surface area is 158 Å². The van der Waals surface area contributed by atoms with Gasteiger partial charge in [0.05, 0.1) is 28.8 Å². The molecule has 0 spiro atoms. The minimum atomic E-state index is -4.77. The highest BCUT2D eigenvalue weighted by Crippen LogP contribution is 2.33. The van der Waals surface area contributed by atoms with Crippen LogP contribution in [0, 0.1) is 22.7 Å². The molecule has 0 fully saturated rings. The number of aliphatic hydroxyl groups is 1. The van der Waals surface area contributed by atoms with Gasteiger partial charge >= 0.3 is 6.18 Å². The lowest BCUT2D eigenvalue weighted by atomic mass is 10.1. The van der Waals surface area contributed by atoms with E-state index in [4.69, 9.17) is 15.3 Å². The van der Waals surface area contributed by atoms with Crippen LogP contribution < -0.4 is 10.1 Å². The van der Waals surface area contributed by atoms with Gasteiger partial charge in [-0.15, -0.1) is 0 Å². The average molecular weight is 389 g/mol. The first-order chi connectivity index (χ1) is 13.1. The van der Waals surface area contributed by atoms with E-state index in [0.717, 1.165) is 19.1 Å². The average Bonchev–Trinajstić information content (AvgIpc) is 2.66. The summed E-state index contributed by atoms with van der Waals surface area (Å²) >= 11 is 0. The van der Waals surface area contributed by atoms with Crippen LogP contribution >= 0.6 is 0 Å². The Bertz CT molecular complexity index is 956. The second kappa shape index (κ2) is 7.99. The third-order valence-electron chi connectivity index (χ3n) is 3.70. The number of rotatable bonds is 5. The first-order valence-corrected chi connectivity index (χ1v) is 7.85. The number of alkyl halides is 3. The second-order valence-corrected chi connectivity index (χ2v) is 6.02. The first kappa shape index (κ1) is 20.7. The SMILES string of the molecule is C[C@](O)(COc1ccc(C#N)cc1)C(=O)Nc1ccc(C#N)c(C(F)(F)F)c1. The Morgan fingerprint density at radius 3 is 2.32 bits per heavy atom. The van der Waals surface area contributed by atoms with Gasteiger partial charge < -0.3 is 15.2 Å². The van der Waals surface area contributed by atoms with E-state index in [1.165, 1.54) is 30.3 Å². The molecule has 0 saturated heterocycles. The van der Waals surface area contributed by atoms with Crippen LogP contribution in [0.1, 0.15) is 23.6 Å². The second-order valence-electron chi connectivity index (χ2n) is 6.02. The molecular weight excluding hydrogens is 375 g/mol. The normalized spacial score (nSPS) is 13.0. The van der Waals surface area contributed by atoms with Crippen molar-refractivity contribution in [1.82, 2.24) is 0 Å². The van der Waals surface area contributed by atoms with Gasteiger partial charge in [0.1, 0.15) is 12.4 Å². The van der Waals surface area contributed by atoms with Crippen molar-refractivity contribution in [1.29, 1.82) is 10.5 Å². The highest BCUT2D eigenvalue weighted by molar-refractivity contribution is 5.97. The number of anilines is 1. The molecule has 1 amide bonds. The maximum absolute atomic E-state index is 13.0. The number of nitrogens with zero attached hydrogens (tertiary/aromatic N) is 2. The largest absolute Gasteiger partial charge is 0.490 e. The Morgan fingerprint density at radius 1 is 1.14 bits per heavy atom. The molecule has 0 aliphatic carbocycles. The number of amides is 1. The summed E-state index contributed by atoms with van der Waals surface area (Å²) in [5.74, 6) is -0.691. The number of benzene rings is 2. The highest BCUT2D eigenvalue weighted by atomic mass is 19.4. The Kier molecular flexibility index (Phi) is 5.92. The van der Waals surface area contributed by atoms with Gasteiger partial charge in [0.2, 0.25) is 0 Å². The summed E-state index contributed by atoms with van der Waals surface area (Å²) < 4.78 is 44.3. The van der Waals surface area contributed by atoms with Crippen molar-refractivity contribution in [3.8, 4) is 17.9 Å². The van der Waals surface area contributed by atoms with E-state index in [-0.39, 0.29) is 5.69 Å². The molecule has 28 heavy (non-hydrogen) atoms. The van der Waals surface area contributed by atoms with Gasteiger partial charge in [-0.3, -0.25) is 4.79 Å². The fraction of sp³-hybridized carbons (Fsp3) is 0.211. The van der Waals surface area contributed by atoms with Crippen molar-refractivity contribution in [2.45, 2.75) is 18.7 Å². The number of nitrogens with one attached hydrogen (secondary N) is 1. The van der Waals surface area contributed by atoms with Crippen molar-refractivity contribution in [3.63, 3.8) is 0 Å². The number of hydrogen-bond acceptors (Lipinski definition) is 5. The van der Waals surface area contributed by atoms with Crippen LogP contribution in [0.5, 0.6) is 5.75 Å². The summed E-state index contributed by atoms with van der Waals surface area (Å²) in [5, 5.41) is 30.0. The van der Waals surface area contributed by atoms with Crippen molar-refractivity contribution in [3.05, 3.63) is 59.2 Å². The molecule has 0 radical (unpaired) electrons. The fourth-order valence-corrected chi connectivity index (χ4v) is 2.13. The maximum Gasteiger partial charge on any atom is 0.417 e. The van der Waals surface area contributed by atoms with Crippen molar-refractivity contribution >= 4 is 11.6 Å². The lowest BCUT2D eigenvalue weighted by Crippen LogP contribution is -2.45. The lowest BCUT2D eigenvalue weighted by molar-refractivity contribution is -0.138. The predicted octanol–water partition coefficient (Wildman–Crippen LogP) is 3.22. The van der Waals surface area contributed by atoms with Gasteiger partial charge in [-0.1, -0.05) is 0 Å². The molecule has 0 aliphatic rings. The molecule has 2 aromatic carbocycles. The number of ether oxygens (including phenoxy) is 1. The van der Waals surface area contributed by atoms with Crippen LogP contribution in [0.4, 0.5) is 18.9 Å². The van der Waals surface area contributed by atoms with Crippen LogP contribution in [0.15, 0.2) is 42.5 Å². The smallest absolute Gasteiger partial charge is 0.417 e. The van der Waals surface area contributed by atoms with Gasteiger partial charge in [-0.25, -0.2) is 0 Å². The first-order valence-electron chi connectivity index (χ1n) is 7.85. The summed E-state index contributed by atoms with van der Waals surface area (Å²) in [6.07, 6.45) is -4.77. The lowest BCUT2D eigenvalue weighted by Gasteiger charge is -2.23. The zero-order chi connectivity index (χ0) is 20.9. The molecule has 9 heteroatoms. The van der Waals surface area contributed by atoms with E-state index in [0.29, 0.717) is 17.4 Å². The van der Waals surface area contributed by atoms with Crippen molar-refractivity contribution < 1.29 is 27.8 Å². The summed E-state index contributed by atoms with van der Waals surface area (Å²) in [6.45, 7) is 0.660. The minimum absolute atomic E-state index is 0.227. The van der Waals surface area contributed by atoms with Crippen LogP contribution in [0.3, 0.4) is 0 Å². The van der Waals surface area contributed by atoms with Crippen LogP contribution in [0.25, 0.3) is 0 Å². The van der Waals surface area contributed by atoms with E-state index >= 15 is 0 Å². The van der Waals surface area contributed by atoms with E-state index in [1.54, 1.807) is 0 Å². The summed E-state index contributed by atoms with van der Waals surface area (Å²) in [6, 6.07) is 12.0. The predicted molar refractivity (Wildman–Crippen MR) is 92.1 cm³/mol. The van der Waals surface area contributed by atoms with E-state index in [2.05, 4.69) is 5.32 Å². The van der Waals surface area contributed by atoms with Crippen LogP contribution in [-0.2, 0) is 11.0 Å². The molecule has 0 aromatic heterocycles. The van der Waals surface area contributed by atoms with E-state index in [9.17, 15) is 23.1 Å². The molecule has 0 bridgehead atoms. The van der Waals surface area contributed by atoms with Crippen LogP contribution in [0.2, 0.25) is 0 Å². The monoisotopic (exact) mass is 389 g/mol. The van der Waals surface area contributed by atoms with E-state index < -0.39 is 35.4 Å². The summed E-state index contributed by atoms with van der Waals surface area (Å²) in [5.41, 5.74) is -3.66. The van der Waals surface area contributed by atoms with Gasteiger partial charge in [0, 0.05) is 5.69 Å². The molecule has 0 unspecified atom stereocenters. The maximum atomic E-state index is 13.0. The molecule has 2 rings (SSSR count). The molecular formula is C19H14F3N3O3. The molecule has 0 aliphatic heterocycles. The van der Waals surface area contributed by atoms with Gasteiger partial charge in [0.15, 0.2) is 5.60 Å². The molecule has 1 atom stereocenters. The van der Waals surface area contributed by atoms with Gasteiger partial charge in [-0.2, -0.15) is 23.7 Å². The van der Waals surface area contributed by atoms with Crippen LogP contribution in [-0.4, -0.2) is 23.2 Å².